The van der Waals surface area contributed by atoms with Crippen LogP contribution in [0.15, 0.2) is 31.0 Å². The van der Waals surface area contributed by atoms with Gasteiger partial charge in [-0.1, -0.05) is 0 Å². The van der Waals surface area contributed by atoms with Gasteiger partial charge in [-0.25, -0.2) is 0 Å². The molecule has 0 aromatic carbocycles. The van der Waals surface area contributed by atoms with E-state index in [1.165, 1.54) is 0 Å². The Labute approximate surface area is 119 Å². The molecule has 1 fully saturated rings. The van der Waals surface area contributed by atoms with E-state index in [1.807, 2.05) is 25.5 Å². The average molecular weight is 269 g/mol. The van der Waals surface area contributed by atoms with Crippen molar-refractivity contribution in [2.24, 2.45) is 0 Å². The molecule has 1 saturated heterocycles. The van der Waals surface area contributed by atoms with Crippen LogP contribution in [0.4, 0.5) is 0 Å². The molecule has 5 nitrogen and oxygen atoms in total. The number of nitrogens with zero attached hydrogens (tertiary/aromatic N) is 5. The van der Waals surface area contributed by atoms with Gasteiger partial charge in [0.2, 0.25) is 0 Å². The molecule has 3 heterocycles. The van der Waals surface area contributed by atoms with E-state index in [-0.39, 0.29) is 0 Å². The molecular weight excluding hydrogens is 250 g/mol. The van der Waals surface area contributed by atoms with Crippen LogP contribution in [-0.2, 0) is 6.54 Å². The van der Waals surface area contributed by atoms with Crippen LogP contribution in [0.5, 0.6) is 0 Å². The molecule has 0 spiro atoms. The van der Waals surface area contributed by atoms with E-state index < -0.39 is 0 Å². The Balaban J connectivity index is 1.57. The summed E-state index contributed by atoms with van der Waals surface area (Å²) >= 11 is 0. The number of likely N-dealkylation sites (tertiary alicyclic amines) is 1. The molecule has 0 atom stereocenters. The maximum Gasteiger partial charge on any atom is 0.0726 e. The predicted molar refractivity (Wildman–Crippen MR) is 76.1 cm³/mol. The third-order valence-corrected chi connectivity index (χ3v) is 3.78. The topological polar surface area (TPSA) is 54.8 Å². The van der Waals surface area contributed by atoms with Gasteiger partial charge >= 0.3 is 0 Å². The zero-order valence-electron chi connectivity index (χ0n) is 11.7. The summed E-state index contributed by atoms with van der Waals surface area (Å²) in [5.41, 5.74) is 3.19. The molecule has 2 aromatic heterocycles. The standard InChI is InChI=1S/C15H19N5/c1-12-8-17-10-15(19-12)13-2-6-20(7-3-13)11-14-9-16-4-5-18-14/h4-5,8-10,13H,2-3,6-7,11H2,1H3. The highest BCUT2D eigenvalue weighted by Crippen LogP contribution is 2.26. The monoisotopic (exact) mass is 269 g/mol. The van der Waals surface area contributed by atoms with E-state index >= 15 is 0 Å². The van der Waals surface area contributed by atoms with Crippen molar-refractivity contribution in [3.63, 3.8) is 0 Å². The molecule has 104 valence electrons. The fraction of sp³-hybridized carbons (Fsp3) is 0.467. The second-order valence-corrected chi connectivity index (χ2v) is 5.33. The van der Waals surface area contributed by atoms with Gasteiger partial charge < -0.3 is 0 Å². The summed E-state index contributed by atoms with van der Waals surface area (Å²) in [6.45, 7) is 5.05. The van der Waals surface area contributed by atoms with Crippen LogP contribution in [0.25, 0.3) is 0 Å². The molecule has 1 aliphatic rings. The maximum atomic E-state index is 4.60. The summed E-state index contributed by atoms with van der Waals surface area (Å²) < 4.78 is 0. The lowest BCUT2D eigenvalue weighted by atomic mass is 9.93. The highest BCUT2D eigenvalue weighted by molar-refractivity contribution is 5.08. The van der Waals surface area contributed by atoms with Crippen LogP contribution in [0, 0.1) is 6.92 Å². The van der Waals surface area contributed by atoms with Crippen molar-refractivity contribution in [1.82, 2.24) is 24.8 Å². The van der Waals surface area contributed by atoms with Crippen molar-refractivity contribution in [1.29, 1.82) is 0 Å². The zero-order valence-corrected chi connectivity index (χ0v) is 11.7. The van der Waals surface area contributed by atoms with E-state index in [0.717, 1.165) is 49.6 Å². The number of piperidine rings is 1. The van der Waals surface area contributed by atoms with Gasteiger partial charge in [0, 0.05) is 43.4 Å². The van der Waals surface area contributed by atoms with Crippen LogP contribution in [-0.4, -0.2) is 37.9 Å². The molecule has 0 radical (unpaired) electrons. The largest absolute Gasteiger partial charge is 0.297 e. The Hall–Kier alpha value is -1.88. The summed E-state index contributed by atoms with van der Waals surface area (Å²) in [6.07, 6.45) is 11.3. The number of aromatic nitrogens is 4. The molecule has 0 bridgehead atoms. The molecule has 3 rings (SSSR count). The molecule has 0 N–H and O–H groups in total. The van der Waals surface area contributed by atoms with Crippen molar-refractivity contribution in [3.05, 3.63) is 48.1 Å². The first-order chi connectivity index (χ1) is 9.81. The molecule has 20 heavy (non-hydrogen) atoms. The number of rotatable bonds is 3. The van der Waals surface area contributed by atoms with Gasteiger partial charge in [0.25, 0.3) is 0 Å². The second kappa shape index (κ2) is 6.05. The second-order valence-electron chi connectivity index (χ2n) is 5.33. The third-order valence-electron chi connectivity index (χ3n) is 3.78. The molecule has 0 aliphatic carbocycles. The fourth-order valence-corrected chi connectivity index (χ4v) is 2.71. The summed E-state index contributed by atoms with van der Waals surface area (Å²) in [5.74, 6) is 0.542. The normalized spacial score (nSPS) is 17.2. The summed E-state index contributed by atoms with van der Waals surface area (Å²) in [7, 11) is 0. The fourth-order valence-electron chi connectivity index (χ4n) is 2.71. The third kappa shape index (κ3) is 3.17. The highest BCUT2D eigenvalue weighted by Gasteiger charge is 2.22. The van der Waals surface area contributed by atoms with Crippen molar-refractivity contribution in [2.75, 3.05) is 13.1 Å². The summed E-state index contributed by atoms with van der Waals surface area (Å²) in [5, 5.41) is 0. The Bertz CT molecular complexity index is 549. The molecular formula is C15H19N5. The van der Waals surface area contributed by atoms with Gasteiger partial charge in [-0.15, -0.1) is 0 Å². The number of aryl methyl sites for hydroxylation is 1. The molecule has 1 aliphatic heterocycles. The average Bonchev–Trinajstić information content (AvgIpc) is 2.49. The van der Waals surface area contributed by atoms with E-state index in [4.69, 9.17) is 0 Å². The highest BCUT2D eigenvalue weighted by atomic mass is 15.1. The Morgan fingerprint density at radius 3 is 2.65 bits per heavy atom. The molecule has 0 amide bonds. The first-order valence-corrected chi connectivity index (χ1v) is 7.07. The Kier molecular flexibility index (Phi) is 3.97. The summed E-state index contributed by atoms with van der Waals surface area (Å²) in [6, 6.07) is 0. The minimum absolute atomic E-state index is 0.542. The minimum Gasteiger partial charge on any atom is -0.297 e. The SMILES string of the molecule is Cc1cncc(C2CCN(Cc3cnccn3)CC2)n1. The lowest BCUT2D eigenvalue weighted by molar-refractivity contribution is 0.201. The molecule has 0 saturated carbocycles. The van der Waals surface area contributed by atoms with Gasteiger partial charge in [-0.05, 0) is 32.9 Å². The van der Waals surface area contributed by atoms with Crippen LogP contribution in [0.1, 0.15) is 35.8 Å². The lowest BCUT2D eigenvalue weighted by Gasteiger charge is -2.31. The van der Waals surface area contributed by atoms with E-state index in [2.05, 4.69) is 24.8 Å². The van der Waals surface area contributed by atoms with Crippen molar-refractivity contribution in [3.8, 4) is 0 Å². The van der Waals surface area contributed by atoms with Crippen LogP contribution in [0.2, 0.25) is 0 Å². The zero-order chi connectivity index (χ0) is 13.8. The Morgan fingerprint density at radius 1 is 1.10 bits per heavy atom. The first-order valence-electron chi connectivity index (χ1n) is 7.07. The van der Waals surface area contributed by atoms with Gasteiger partial charge in [0.15, 0.2) is 0 Å². The predicted octanol–water partition coefficient (Wildman–Crippen LogP) is 1.95. The van der Waals surface area contributed by atoms with Crippen LogP contribution < -0.4 is 0 Å². The van der Waals surface area contributed by atoms with Crippen molar-refractivity contribution in [2.45, 2.75) is 32.2 Å². The molecule has 5 heteroatoms. The first kappa shape index (κ1) is 13.1. The van der Waals surface area contributed by atoms with E-state index in [9.17, 15) is 0 Å². The van der Waals surface area contributed by atoms with Gasteiger partial charge in [-0.2, -0.15) is 0 Å². The molecule has 0 unspecified atom stereocenters. The lowest BCUT2D eigenvalue weighted by Crippen LogP contribution is -2.33. The van der Waals surface area contributed by atoms with Crippen LogP contribution >= 0.6 is 0 Å². The quantitative estimate of drug-likeness (QED) is 0.852. The smallest absolute Gasteiger partial charge is 0.0726 e. The minimum atomic E-state index is 0.542. The van der Waals surface area contributed by atoms with Gasteiger partial charge in [-0.3, -0.25) is 24.8 Å². The van der Waals surface area contributed by atoms with E-state index in [1.54, 1.807) is 12.4 Å². The summed E-state index contributed by atoms with van der Waals surface area (Å²) in [4.78, 5) is 19.7. The van der Waals surface area contributed by atoms with Crippen molar-refractivity contribution < 1.29 is 0 Å². The molecule has 2 aromatic rings. The van der Waals surface area contributed by atoms with Gasteiger partial charge in [0.1, 0.15) is 0 Å². The Morgan fingerprint density at radius 2 is 1.95 bits per heavy atom. The number of hydrogen-bond acceptors (Lipinski definition) is 5. The number of hydrogen-bond donors (Lipinski definition) is 0. The maximum absolute atomic E-state index is 4.60. The van der Waals surface area contributed by atoms with Crippen molar-refractivity contribution >= 4 is 0 Å². The van der Waals surface area contributed by atoms with Gasteiger partial charge in [0.05, 0.1) is 17.1 Å². The van der Waals surface area contributed by atoms with E-state index in [0.29, 0.717) is 5.92 Å². The van der Waals surface area contributed by atoms with Crippen LogP contribution in [0.3, 0.4) is 0 Å².